The zero-order valence-corrected chi connectivity index (χ0v) is 12.3. The molecule has 2 aromatic rings. The maximum Gasteiger partial charge on any atom is 0.416 e. The van der Waals surface area contributed by atoms with E-state index in [1.54, 1.807) is 0 Å². The quantitative estimate of drug-likeness (QED) is 0.862. The van der Waals surface area contributed by atoms with E-state index in [-0.39, 0.29) is 17.1 Å². The summed E-state index contributed by atoms with van der Waals surface area (Å²) in [6.07, 6.45) is -3.21. The Kier molecular flexibility index (Phi) is 3.95. The number of carbonyl (C=O) groups is 1. The van der Waals surface area contributed by atoms with Crippen molar-refractivity contribution in [3.8, 4) is 0 Å². The molecule has 112 valence electrons. The molecule has 21 heavy (non-hydrogen) atoms. The van der Waals surface area contributed by atoms with Crippen molar-refractivity contribution in [2.24, 2.45) is 7.05 Å². The number of amides is 1. The van der Waals surface area contributed by atoms with Crippen molar-refractivity contribution < 1.29 is 18.0 Å². The van der Waals surface area contributed by atoms with Gasteiger partial charge in [-0.1, -0.05) is 0 Å². The highest BCUT2D eigenvalue weighted by atomic mass is 79.9. The van der Waals surface area contributed by atoms with Gasteiger partial charge in [0.15, 0.2) is 0 Å². The summed E-state index contributed by atoms with van der Waals surface area (Å²) in [5.41, 5.74) is 4.94. The molecule has 1 amide bonds. The SMILES string of the molecule is Cn1ncc(N)c1C(=O)Nc1cc(C(F)(F)F)ccc1Br. The van der Waals surface area contributed by atoms with Crippen LogP contribution in [-0.2, 0) is 13.2 Å². The van der Waals surface area contributed by atoms with Gasteiger partial charge in [-0.05, 0) is 34.1 Å². The number of alkyl halides is 3. The highest BCUT2D eigenvalue weighted by Gasteiger charge is 2.31. The summed E-state index contributed by atoms with van der Waals surface area (Å²) in [4.78, 5) is 12.1. The molecule has 2 rings (SSSR count). The average Bonchev–Trinajstić information content (AvgIpc) is 2.70. The Morgan fingerprint density at radius 3 is 2.62 bits per heavy atom. The third-order valence-corrected chi connectivity index (χ3v) is 3.42. The van der Waals surface area contributed by atoms with Crippen molar-refractivity contribution in [1.29, 1.82) is 0 Å². The van der Waals surface area contributed by atoms with E-state index in [1.807, 2.05) is 0 Å². The minimum atomic E-state index is -4.49. The number of nitrogens with one attached hydrogen (secondary N) is 1. The van der Waals surface area contributed by atoms with Gasteiger partial charge < -0.3 is 11.1 Å². The van der Waals surface area contributed by atoms with Gasteiger partial charge in [-0.3, -0.25) is 9.48 Å². The minimum absolute atomic E-state index is 0.00424. The van der Waals surface area contributed by atoms with E-state index in [9.17, 15) is 18.0 Å². The van der Waals surface area contributed by atoms with Crippen LogP contribution in [0.4, 0.5) is 24.5 Å². The molecule has 0 aliphatic rings. The number of hydrogen-bond donors (Lipinski definition) is 2. The molecule has 9 heteroatoms. The van der Waals surface area contributed by atoms with Crippen LogP contribution in [0.1, 0.15) is 16.1 Å². The van der Waals surface area contributed by atoms with Crippen molar-refractivity contribution in [3.05, 3.63) is 40.1 Å². The Morgan fingerprint density at radius 2 is 2.10 bits per heavy atom. The molecule has 1 heterocycles. The number of hydrogen-bond acceptors (Lipinski definition) is 3. The van der Waals surface area contributed by atoms with E-state index in [1.165, 1.54) is 24.0 Å². The number of aromatic nitrogens is 2. The van der Waals surface area contributed by atoms with Gasteiger partial charge in [0.25, 0.3) is 5.91 Å². The molecule has 0 bridgehead atoms. The van der Waals surface area contributed by atoms with Crippen LogP contribution in [0, 0.1) is 0 Å². The molecule has 0 fully saturated rings. The first kappa shape index (κ1) is 15.4. The molecule has 0 unspecified atom stereocenters. The van der Waals surface area contributed by atoms with Crippen LogP contribution < -0.4 is 11.1 Å². The van der Waals surface area contributed by atoms with Crippen molar-refractivity contribution in [2.75, 3.05) is 11.1 Å². The first-order valence-corrected chi connectivity index (χ1v) is 6.45. The monoisotopic (exact) mass is 362 g/mol. The predicted octanol–water partition coefficient (Wildman–Crippen LogP) is 3.04. The molecule has 0 aliphatic carbocycles. The van der Waals surface area contributed by atoms with Gasteiger partial charge in [-0.25, -0.2) is 0 Å². The summed E-state index contributed by atoms with van der Waals surface area (Å²) < 4.78 is 39.6. The fraction of sp³-hybridized carbons (Fsp3) is 0.167. The Hall–Kier alpha value is -2.03. The number of anilines is 2. The summed E-state index contributed by atoms with van der Waals surface area (Å²) in [7, 11) is 1.51. The van der Waals surface area contributed by atoms with E-state index in [4.69, 9.17) is 5.73 Å². The van der Waals surface area contributed by atoms with Crippen LogP contribution >= 0.6 is 15.9 Å². The number of nitrogens with two attached hydrogens (primary N) is 1. The Labute approximate surface area is 126 Å². The van der Waals surface area contributed by atoms with Gasteiger partial charge in [0, 0.05) is 11.5 Å². The van der Waals surface area contributed by atoms with E-state index in [0.717, 1.165) is 12.1 Å². The van der Waals surface area contributed by atoms with Crippen LogP contribution in [0.3, 0.4) is 0 Å². The predicted molar refractivity (Wildman–Crippen MR) is 74.7 cm³/mol. The topological polar surface area (TPSA) is 72.9 Å². The number of halogens is 4. The zero-order chi connectivity index (χ0) is 15.8. The molecule has 0 saturated carbocycles. The third-order valence-electron chi connectivity index (χ3n) is 2.72. The van der Waals surface area contributed by atoms with Crippen molar-refractivity contribution >= 4 is 33.2 Å². The van der Waals surface area contributed by atoms with Gasteiger partial charge >= 0.3 is 6.18 Å². The first-order valence-electron chi connectivity index (χ1n) is 5.65. The minimum Gasteiger partial charge on any atom is -0.396 e. The fourth-order valence-electron chi connectivity index (χ4n) is 1.71. The van der Waals surface area contributed by atoms with Crippen LogP contribution in [0.15, 0.2) is 28.9 Å². The van der Waals surface area contributed by atoms with Gasteiger partial charge in [-0.15, -0.1) is 0 Å². The molecule has 0 radical (unpaired) electrons. The van der Waals surface area contributed by atoms with Gasteiger partial charge in [0.05, 0.1) is 23.1 Å². The van der Waals surface area contributed by atoms with Crippen molar-refractivity contribution in [1.82, 2.24) is 9.78 Å². The molecule has 0 atom stereocenters. The van der Waals surface area contributed by atoms with Crippen molar-refractivity contribution in [3.63, 3.8) is 0 Å². The average molecular weight is 363 g/mol. The Morgan fingerprint density at radius 1 is 1.43 bits per heavy atom. The molecule has 3 N–H and O–H groups in total. The van der Waals surface area contributed by atoms with Gasteiger partial charge in [-0.2, -0.15) is 18.3 Å². The largest absolute Gasteiger partial charge is 0.416 e. The number of carbonyl (C=O) groups excluding carboxylic acids is 1. The molecular formula is C12H10BrF3N4O. The Bertz CT molecular complexity index is 677. The molecule has 1 aromatic heterocycles. The summed E-state index contributed by atoms with van der Waals surface area (Å²) >= 11 is 3.09. The maximum atomic E-state index is 12.7. The molecule has 1 aromatic carbocycles. The molecular weight excluding hydrogens is 353 g/mol. The smallest absolute Gasteiger partial charge is 0.396 e. The van der Waals surface area contributed by atoms with Gasteiger partial charge in [0.1, 0.15) is 5.69 Å². The van der Waals surface area contributed by atoms with Crippen LogP contribution in [0.5, 0.6) is 0 Å². The first-order chi connectivity index (χ1) is 9.70. The highest BCUT2D eigenvalue weighted by Crippen LogP contribution is 2.34. The number of aryl methyl sites for hydroxylation is 1. The summed E-state index contributed by atoms with van der Waals surface area (Å²) in [6, 6.07) is 2.97. The standard InChI is InChI=1S/C12H10BrF3N4O/c1-20-10(8(17)5-18-20)11(21)19-9-4-6(12(14,15)16)2-3-7(9)13/h2-5H,17H2,1H3,(H,19,21). The van der Waals surface area contributed by atoms with Crippen LogP contribution in [0.2, 0.25) is 0 Å². The zero-order valence-electron chi connectivity index (χ0n) is 10.7. The normalized spacial score (nSPS) is 11.5. The summed E-state index contributed by atoms with van der Waals surface area (Å²) in [5.74, 6) is -0.646. The lowest BCUT2D eigenvalue weighted by Gasteiger charge is -2.12. The van der Waals surface area contributed by atoms with Crippen LogP contribution in [0.25, 0.3) is 0 Å². The lowest BCUT2D eigenvalue weighted by atomic mass is 10.2. The third kappa shape index (κ3) is 3.18. The summed E-state index contributed by atoms with van der Waals surface area (Å²) in [6.45, 7) is 0. The highest BCUT2D eigenvalue weighted by molar-refractivity contribution is 9.10. The molecule has 0 spiro atoms. The summed E-state index contributed by atoms with van der Waals surface area (Å²) in [5, 5.41) is 6.18. The molecule has 0 aliphatic heterocycles. The molecule has 0 saturated heterocycles. The molecule has 5 nitrogen and oxygen atoms in total. The van der Waals surface area contributed by atoms with E-state index in [0.29, 0.717) is 4.47 Å². The second-order valence-electron chi connectivity index (χ2n) is 4.22. The Balaban J connectivity index is 2.34. The second-order valence-corrected chi connectivity index (χ2v) is 5.07. The fourth-order valence-corrected chi connectivity index (χ4v) is 2.06. The lowest BCUT2D eigenvalue weighted by Crippen LogP contribution is -2.18. The van der Waals surface area contributed by atoms with E-state index in [2.05, 4.69) is 26.3 Å². The van der Waals surface area contributed by atoms with Gasteiger partial charge in [0.2, 0.25) is 0 Å². The van der Waals surface area contributed by atoms with E-state index < -0.39 is 17.6 Å². The van der Waals surface area contributed by atoms with Crippen LogP contribution in [-0.4, -0.2) is 15.7 Å². The lowest BCUT2D eigenvalue weighted by molar-refractivity contribution is -0.137. The number of nitrogen functional groups attached to an aromatic ring is 1. The van der Waals surface area contributed by atoms with E-state index >= 15 is 0 Å². The maximum absolute atomic E-state index is 12.7. The number of rotatable bonds is 2. The number of nitrogens with zero attached hydrogens (tertiary/aromatic N) is 2. The second kappa shape index (κ2) is 5.40. The van der Waals surface area contributed by atoms with Crippen molar-refractivity contribution in [2.45, 2.75) is 6.18 Å². The number of benzene rings is 1.